The summed E-state index contributed by atoms with van der Waals surface area (Å²) in [6, 6.07) is 5.27. The minimum atomic E-state index is -0.0985. The maximum Gasteiger partial charge on any atom is 0.253 e. The minimum absolute atomic E-state index is 0.0141. The van der Waals surface area contributed by atoms with E-state index in [2.05, 4.69) is 6.58 Å². The first-order valence-corrected chi connectivity index (χ1v) is 8.67. The number of piperidine rings is 1. The number of hydrogen-bond acceptors (Lipinski definition) is 5. The minimum Gasteiger partial charge on any atom is -0.493 e. The second-order valence-electron chi connectivity index (χ2n) is 6.20. The van der Waals surface area contributed by atoms with Crippen LogP contribution in [0.25, 0.3) is 0 Å². The number of benzene rings is 1. The van der Waals surface area contributed by atoms with Crippen LogP contribution in [0.3, 0.4) is 0 Å². The van der Waals surface area contributed by atoms with Crippen molar-refractivity contribution in [2.45, 2.75) is 19.1 Å². The lowest BCUT2D eigenvalue weighted by molar-refractivity contribution is -0.0956. The van der Waals surface area contributed by atoms with Crippen LogP contribution in [0.2, 0.25) is 0 Å². The second kappa shape index (κ2) is 8.36. The average molecular weight is 347 g/mol. The molecule has 0 bridgehead atoms. The lowest BCUT2D eigenvalue weighted by Gasteiger charge is -2.34. The van der Waals surface area contributed by atoms with Crippen LogP contribution in [0.4, 0.5) is 0 Å². The molecule has 136 valence electrons. The van der Waals surface area contributed by atoms with E-state index in [9.17, 15) is 4.79 Å². The van der Waals surface area contributed by atoms with Crippen LogP contribution >= 0.6 is 0 Å². The van der Waals surface area contributed by atoms with Gasteiger partial charge >= 0.3 is 0 Å². The molecule has 0 aromatic heterocycles. The van der Waals surface area contributed by atoms with E-state index in [0.29, 0.717) is 55.9 Å². The van der Waals surface area contributed by atoms with Gasteiger partial charge < -0.3 is 23.8 Å². The van der Waals surface area contributed by atoms with Gasteiger partial charge in [0.1, 0.15) is 6.61 Å². The van der Waals surface area contributed by atoms with Gasteiger partial charge in [0.05, 0.1) is 20.3 Å². The highest BCUT2D eigenvalue weighted by atomic mass is 16.7. The number of nitrogens with zero attached hydrogens (tertiary/aromatic N) is 1. The normalized spacial score (nSPS) is 19.0. The third kappa shape index (κ3) is 4.14. The summed E-state index contributed by atoms with van der Waals surface area (Å²) in [5.41, 5.74) is 0.606. The Kier molecular flexibility index (Phi) is 5.94. The van der Waals surface area contributed by atoms with Crippen molar-refractivity contribution in [3.05, 3.63) is 36.4 Å². The van der Waals surface area contributed by atoms with Crippen LogP contribution < -0.4 is 9.47 Å². The zero-order valence-electron chi connectivity index (χ0n) is 14.6. The molecule has 3 rings (SSSR count). The molecule has 0 N–H and O–H groups in total. The summed E-state index contributed by atoms with van der Waals surface area (Å²) < 4.78 is 22.0. The molecule has 6 nitrogen and oxygen atoms in total. The Hall–Kier alpha value is -2.05. The van der Waals surface area contributed by atoms with Crippen molar-refractivity contribution in [3.8, 4) is 11.5 Å². The first-order chi connectivity index (χ1) is 12.2. The van der Waals surface area contributed by atoms with Gasteiger partial charge in [-0.15, -0.1) is 0 Å². The van der Waals surface area contributed by atoms with Gasteiger partial charge in [-0.1, -0.05) is 12.7 Å². The van der Waals surface area contributed by atoms with E-state index < -0.39 is 0 Å². The Morgan fingerprint density at radius 2 is 2.00 bits per heavy atom. The van der Waals surface area contributed by atoms with E-state index in [1.807, 2.05) is 4.90 Å². The van der Waals surface area contributed by atoms with E-state index in [1.165, 1.54) is 0 Å². The molecule has 0 unspecified atom stereocenters. The van der Waals surface area contributed by atoms with Gasteiger partial charge in [-0.3, -0.25) is 4.79 Å². The maximum absolute atomic E-state index is 12.8. The smallest absolute Gasteiger partial charge is 0.253 e. The summed E-state index contributed by atoms with van der Waals surface area (Å²) >= 11 is 0. The van der Waals surface area contributed by atoms with E-state index in [4.69, 9.17) is 18.9 Å². The molecule has 6 heteroatoms. The van der Waals surface area contributed by atoms with Crippen molar-refractivity contribution < 1.29 is 23.7 Å². The monoisotopic (exact) mass is 347 g/mol. The number of hydrogen-bond donors (Lipinski definition) is 0. The molecule has 2 saturated heterocycles. The summed E-state index contributed by atoms with van der Waals surface area (Å²) in [5, 5.41) is 0. The highest BCUT2D eigenvalue weighted by molar-refractivity contribution is 5.95. The fourth-order valence-electron chi connectivity index (χ4n) is 3.27. The molecule has 0 aliphatic carbocycles. The molecule has 0 saturated carbocycles. The quantitative estimate of drug-likeness (QED) is 0.740. The summed E-state index contributed by atoms with van der Waals surface area (Å²) in [6.07, 6.45) is 3.36. The summed E-state index contributed by atoms with van der Waals surface area (Å²) in [6.45, 7) is 6.78. The molecule has 2 heterocycles. The van der Waals surface area contributed by atoms with Crippen molar-refractivity contribution in [3.63, 3.8) is 0 Å². The SMILES string of the molecule is C=CCOc1ccc(C(=O)N2CCC(C3OCCO3)CC2)cc1OC. The molecule has 0 atom stereocenters. The number of ether oxygens (including phenoxy) is 4. The first kappa shape index (κ1) is 17.8. The molecule has 2 aliphatic rings. The van der Waals surface area contributed by atoms with Gasteiger partial charge in [0.2, 0.25) is 0 Å². The Balaban J connectivity index is 1.62. The largest absolute Gasteiger partial charge is 0.493 e. The van der Waals surface area contributed by atoms with Gasteiger partial charge in [-0.05, 0) is 31.0 Å². The van der Waals surface area contributed by atoms with E-state index >= 15 is 0 Å². The fraction of sp³-hybridized carbons (Fsp3) is 0.526. The van der Waals surface area contributed by atoms with Crippen molar-refractivity contribution in [2.75, 3.05) is 40.0 Å². The lowest BCUT2D eigenvalue weighted by Crippen LogP contribution is -2.41. The number of rotatable bonds is 6. The Morgan fingerprint density at radius 3 is 2.64 bits per heavy atom. The van der Waals surface area contributed by atoms with Gasteiger partial charge in [-0.25, -0.2) is 0 Å². The van der Waals surface area contributed by atoms with E-state index in [-0.39, 0.29) is 12.2 Å². The number of amides is 1. The molecule has 0 spiro atoms. The van der Waals surface area contributed by atoms with Crippen molar-refractivity contribution >= 4 is 5.91 Å². The standard InChI is InChI=1S/C19H25NO5/c1-3-10-23-16-5-4-15(13-17(16)22-2)18(21)20-8-6-14(7-9-20)19-24-11-12-25-19/h3-5,13-14,19H,1,6-12H2,2H3. The van der Waals surface area contributed by atoms with E-state index in [0.717, 1.165) is 12.8 Å². The van der Waals surface area contributed by atoms with Crippen LogP contribution in [0.1, 0.15) is 23.2 Å². The highest BCUT2D eigenvalue weighted by Gasteiger charge is 2.32. The molecule has 25 heavy (non-hydrogen) atoms. The topological polar surface area (TPSA) is 57.2 Å². The third-order valence-corrected chi connectivity index (χ3v) is 4.63. The van der Waals surface area contributed by atoms with Crippen LogP contribution in [0.15, 0.2) is 30.9 Å². The molecular weight excluding hydrogens is 322 g/mol. The summed E-state index contributed by atoms with van der Waals surface area (Å²) in [5.74, 6) is 1.54. The molecule has 2 fully saturated rings. The highest BCUT2D eigenvalue weighted by Crippen LogP contribution is 2.30. The molecule has 0 radical (unpaired) electrons. The van der Waals surface area contributed by atoms with Crippen molar-refractivity contribution in [2.24, 2.45) is 5.92 Å². The van der Waals surface area contributed by atoms with Crippen LogP contribution in [0, 0.1) is 5.92 Å². The molecule has 1 aromatic rings. The average Bonchev–Trinajstić information content (AvgIpc) is 3.20. The molecule has 1 aromatic carbocycles. The van der Waals surface area contributed by atoms with Crippen LogP contribution in [-0.4, -0.2) is 57.1 Å². The number of likely N-dealkylation sites (tertiary alicyclic amines) is 1. The second-order valence-corrected chi connectivity index (χ2v) is 6.20. The zero-order chi connectivity index (χ0) is 17.6. The summed E-state index contributed by atoms with van der Waals surface area (Å²) in [7, 11) is 1.57. The van der Waals surface area contributed by atoms with E-state index in [1.54, 1.807) is 31.4 Å². The predicted octanol–water partition coefficient (Wildman–Crippen LogP) is 2.49. The Bertz CT molecular complexity index is 604. The Labute approximate surface area is 148 Å². The fourth-order valence-corrected chi connectivity index (χ4v) is 3.27. The number of carbonyl (C=O) groups is 1. The molecule has 1 amide bonds. The summed E-state index contributed by atoms with van der Waals surface area (Å²) in [4.78, 5) is 14.7. The number of carbonyl (C=O) groups excluding carboxylic acids is 1. The van der Waals surface area contributed by atoms with Gasteiger partial charge in [-0.2, -0.15) is 0 Å². The maximum atomic E-state index is 12.8. The lowest BCUT2D eigenvalue weighted by atomic mass is 9.95. The van der Waals surface area contributed by atoms with Gasteiger partial charge in [0.15, 0.2) is 17.8 Å². The zero-order valence-corrected chi connectivity index (χ0v) is 14.6. The molecule has 2 aliphatic heterocycles. The predicted molar refractivity (Wildman–Crippen MR) is 93.0 cm³/mol. The van der Waals surface area contributed by atoms with Gasteiger partial charge in [0, 0.05) is 24.6 Å². The van der Waals surface area contributed by atoms with Crippen molar-refractivity contribution in [1.82, 2.24) is 4.90 Å². The van der Waals surface area contributed by atoms with Crippen molar-refractivity contribution in [1.29, 1.82) is 0 Å². The first-order valence-electron chi connectivity index (χ1n) is 8.67. The Morgan fingerprint density at radius 1 is 1.28 bits per heavy atom. The van der Waals surface area contributed by atoms with Crippen LogP contribution in [0.5, 0.6) is 11.5 Å². The van der Waals surface area contributed by atoms with Gasteiger partial charge in [0.25, 0.3) is 5.91 Å². The molecular formula is C19H25NO5. The number of methoxy groups -OCH3 is 1. The third-order valence-electron chi connectivity index (χ3n) is 4.63. The van der Waals surface area contributed by atoms with Crippen LogP contribution in [-0.2, 0) is 9.47 Å².